The molecule has 1 aliphatic rings. The zero-order valence-corrected chi connectivity index (χ0v) is 14.0. The summed E-state index contributed by atoms with van der Waals surface area (Å²) in [6.07, 6.45) is 3.02. The van der Waals surface area contributed by atoms with Gasteiger partial charge in [0.25, 0.3) is 0 Å². The second-order valence-corrected chi connectivity index (χ2v) is 6.24. The molecule has 0 amide bonds. The van der Waals surface area contributed by atoms with E-state index in [1.54, 1.807) is 13.0 Å². The van der Waals surface area contributed by atoms with E-state index in [0.29, 0.717) is 12.4 Å². The van der Waals surface area contributed by atoms with Gasteiger partial charge >= 0.3 is 5.97 Å². The number of carbonyl (C=O) groups is 1. The largest absolute Gasteiger partial charge is 0.467 e. The second kappa shape index (κ2) is 8.64. The summed E-state index contributed by atoms with van der Waals surface area (Å²) in [5, 5.41) is 0. The number of hydrogen-bond acceptors (Lipinski definition) is 5. The zero-order valence-electron chi connectivity index (χ0n) is 13.2. The Morgan fingerprint density at radius 1 is 1.39 bits per heavy atom. The summed E-state index contributed by atoms with van der Waals surface area (Å²) in [5.41, 5.74) is 1.02. The van der Waals surface area contributed by atoms with Crippen molar-refractivity contribution in [2.75, 3.05) is 19.0 Å². The highest BCUT2D eigenvalue weighted by Crippen LogP contribution is 2.22. The maximum atomic E-state index is 12.2. The minimum atomic E-state index is -1.48. The van der Waals surface area contributed by atoms with Gasteiger partial charge in [-0.25, -0.2) is 4.79 Å². The Bertz CT molecular complexity index is 621. The fourth-order valence-corrected chi connectivity index (χ4v) is 3.29. The van der Waals surface area contributed by atoms with Crippen LogP contribution in [0.2, 0.25) is 0 Å². The Morgan fingerprint density at radius 3 is 2.78 bits per heavy atom. The number of esters is 1. The number of benzene rings is 1. The van der Waals surface area contributed by atoms with Crippen LogP contribution in [0.25, 0.3) is 6.08 Å². The molecule has 0 N–H and O–H groups in total. The third kappa shape index (κ3) is 5.04. The molecule has 0 spiro atoms. The van der Waals surface area contributed by atoms with Crippen LogP contribution in [0.5, 0.6) is 0 Å². The molecule has 0 fully saturated rings. The first kappa shape index (κ1) is 17.4. The van der Waals surface area contributed by atoms with E-state index in [1.807, 2.05) is 43.3 Å². The quantitative estimate of drug-likeness (QED) is 0.747. The van der Waals surface area contributed by atoms with Crippen LogP contribution in [0.1, 0.15) is 19.4 Å². The van der Waals surface area contributed by atoms with Gasteiger partial charge in [-0.05, 0) is 25.5 Å². The Hall–Kier alpha value is -1.92. The molecule has 0 saturated heterocycles. The summed E-state index contributed by atoms with van der Waals surface area (Å²) in [7, 11) is -1.48. The van der Waals surface area contributed by atoms with E-state index in [0.717, 1.165) is 5.56 Å². The van der Waals surface area contributed by atoms with Crippen LogP contribution in [-0.2, 0) is 29.8 Å². The van der Waals surface area contributed by atoms with Gasteiger partial charge in [0.1, 0.15) is 12.4 Å². The van der Waals surface area contributed by atoms with Crippen LogP contribution in [0, 0.1) is 0 Å². The minimum Gasteiger partial charge on any atom is -0.467 e. The van der Waals surface area contributed by atoms with Crippen LogP contribution >= 0.6 is 0 Å². The van der Waals surface area contributed by atoms with E-state index >= 15 is 0 Å². The third-order valence-electron chi connectivity index (χ3n) is 3.10. The molecule has 1 aliphatic heterocycles. The van der Waals surface area contributed by atoms with Crippen LogP contribution in [0.3, 0.4) is 0 Å². The van der Waals surface area contributed by atoms with Crippen molar-refractivity contribution in [3.8, 4) is 0 Å². The number of allylic oxidation sites excluding steroid dienone is 1. The summed E-state index contributed by atoms with van der Waals surface area (Å²) in [4.78, 5) is 12.1. The molecule has 0 aliphatic carbocycles. The normalized spacial score (nSPS) is 21.3. The molecule has 1 aromatic rings. The average molecular weight is 336 g/mol. The number of rotatable bonds is 6. The molecule has 2 atom stereocenters. The van der Waals surface area contributed by atoms with Gasteiger partial charge in [-0.3, -0.25) is 4.21 Å². The number of ether oxygens (including phenoxy) is 3. The fourth-order valence-electron chi connectivity index (χ4n) is 2.09. The molecule has 1 heterocycles. The van der Waals surface area contributed by atoms with Crippen LogP contribution in [-0.4, -0.2) is 35.4 Å². The standard InChI is InChI=1S/C17H20O5S/c1-3-20-15-12-23(19)16(13(2)22-15)17(18)21-11-7-10-14-8-5-4-6-9-14/h4-10,15H,3,11-12H2,1-2H3/b10-7+/t15-,23+/m0/s1. The first-order valence-corrected chi connectivity index (χ1v) is 8.70. The highest BCUT2D eigenvalue weighted by Gasteiger charge is 2.31. The summed E-state index contributed by atoms with van der Waals surface area (Å²) in [5.74, 6) is -0.186. The molecule has 124 valence electrons. The second-order valence-electron chi connectivity index (χ2n) is 4.81. The van der Waals surface area contributed by atoms with Crippen molar-refractivity contribution in [2.45, 2.75) is 20.1 Å². The zero-order chi connectivity index (χ0) is 16.7. The highest BCUT2D eigenvalue weighted by atomic mass is 32.2. The SMILES string of the molecule is CCO[C@@H]1C[S@@](=O)C(C(=O)OC/C=C/c2ccccc2)=C(C)O1. The molecule has 2 rings (SSSR count). The van der Waals surface area contributed by atoms with E-state index in [9.17, 15) is 9.00 Å². The van der Waals surface area contributed by atoms with Crippen molar-refractivity contribution in [3.63, 3.8) is 0 Å². The molecule has 0 bridgehead atoms. The van der Waals surface area contributed by atoms with Crippen molar-refractivity contribution in [2.24, 2.45) is 0 Å². The van der Waals surface area contributed by atoms with E-state index < -0.39 is 23.1 Å². The van der Waals surface area contributed by atoms with Crippen molar-refractivity contribution in [1.82, 2.24) is 0 Å². The summed E-state index contributed by atoms with van der Waals surface area (Å²) in [6.45, 7) is 3.99. The number of carbonyl (C=O) groups excluding carboxylic acids is 1. The molecule has 0 saturated carbocycles. The molecular weight excluding hydrogens is 316 g/mol. The lowest BCUT2D eigenvalue weighted by molar-refractivity contribution is -0.138. The first-order valence-electron chi connectivity index (χ1n) is 7.38. The van der Waals surface area contributed by atoms with Gasteiger partial charge in [0, 0.05) is 6.61 Å². The molecule has 0 unspecified atom stereocenters. The predicted molar refractivity (Wildman–Crippen MR) is 88.6 cm³/mol. The van der Waals surface area contributed by atoms with Crippen molar-refractivity contribution < 1.29 is 23.2 Å². The van der Waals surface area contributed by atoms with E-state index in [2.05, 4.69) is 0 Å². The van der Waals surface area contributed by atoms with Gasteiger partial charge in [0.2, 0.25) is 6.29 Å². The van der Waals surface area contributed by atoms with Gasteiger partial charge in [0.05, 0.1) is 16.6 Å². The van der Waals surface area contributed by atoms with Gasteiger partial charge in [-0.1, -0.05) is 36.4 Å². The average Bonchev–Trinajstić information content (AvgIpc) is 2.52. The number of hydrogen-bond donors (Lipinski definition) is 0. The smallest absolute Gasteiger partial charge is 0.351 e. The first-order chi connectivity index (χ1) is 11.1. The fraction of sp³-hybridized carbons (Fsp3) is 0.353. The van der Waals surface area contributed by atoms with E-state index in [4.69, 9.17) is 14.2 Å². The molecule has 0 radical (unpaired) electrons. The highest BCUT2D eigenvalue weighted by molar-refractivity contribution is 7.90. The Morgan fingerprint density at radius 2 is 2.13 bits per heavy atom. The van der Waals surface area contributed by atoms with E-state index in [1.165, 1.54) is 0 Å². The summed E-state index contributed by atoms with van der Waals surface area (Å²) >= 11 is 0. The van der Waals surface area contributed by atoms with Gasteiger partial charge in [-0.15, -0.1) is 0 Å². The summed E-state index contributed by atoms with van der Waals surface area (Å²) < 4.78 is 28.0. The maximum Gasteiger partial charge on any atom is 0.351 e. The van der Waals surface area contributed by atoms with Gasteiger partial charge < -0.3 is 14.2 Å². The summed E-state index contributed by atoms with van der Waals surface area (Å²) in [6, 6.07) is 9.68. The van der Waals surface area contributed by atoms with E-state index in [-0.39, 0.29) is 17.3 Å². The Balaban J connectivity index is 1.91. The lowest BCUT2D eigenvalue weighted by atomic mass is 10.2. The lowest BCUT2D eigenvalue weighted by Crippen LogP contribution is -2.32. The third-order valence-corrected chi connectivity index (χ3v) is 4.59. The molecule has 23 heavy (non-hydrogen) atoms. The minimum absolute atomic E-state index is 0.0778. The topological polar surface area (TPSA) is 61.8 Å². The Labute approximate surface area is 138 Å². The molecule has 5 nitrogen and oxygen atoms in total. The molecule has 6 heteroatoms. The lowest BCUT2D eigenvalue weighted by Gasteiger charge is -2.25. The van der Waals surface area contributed by atoms with Crippen LogP contribution in [0.4, 0.5) is 0 Å². The monoisotopic (exact) mass is 336 g/mol. The Kier molecular flexibility index (Phi) is 6.55. The molecule has 1 aromatic carbocycles. The molecule has 0 aromatic heterocycles. The van der Waals surface area contributed by atoms with Crippen LogP contribution in [0.15, 0.2) is 47.1 Å². The van der Waals surface area contributed by atoms with Gasteiger partial charge in [-0.2, -0.15) is 0 Å². The molecular formula is C17H20O5S. The van der Waals surface area contributed by atoms with Crippen molar-refractivity contribution in [3.05, 3.63) is 52.6 Å². The van der Waals surface area contributed by atoms with Crippen molar-refractivity contribution >= 4 is 22.8 Å². The van der Waals surface area contributed by atoms with Crippen molar-refractivity contribution in [1.29, 1.82) is 0 Å². The van der Waals surface area contributed by atoms with Gasteiger partial charge in [0.15, 0.2) is 4.91 Å². The predicted octanol–water partition coefficient (Wildman–Crippen LogP) is 2.62. The maximum absolute atomic E-state index is 12.2. The van der Waals surface area contributed by atoms with Crippen LogP contribution < -0.4 is 0 Å².